The van der Waals surface area contributed by atoms with Gasteiger partial charge in [0.15, 0.2) is 5.11 Å². The van der Waals surface area contributed by atoms with Crippen LogP contribution in [0.25, 0.3) is 11.8 Å². The Kier molecular flexibility index (Phi) is 7.57. The maximum Gasteiger partial charge on any atom is 0.270 e. The van der Waals surface area contributed by atoms with E-state index in [9.17, 15) is 19.7 Å². The molecule has 8 nitrogen and oxygen atoms in total. The molecule has 2 amide bonds. The molecule has 0 spiro atoms. The second-order valence-electron chi connectivity index (χ2n) is 8.92. The zero-order valence-electron chi connectivity index (χ0n) is 21.3. The minimum atomic E-state index is -0.573. The Labute approximate surface area is 244 Å². The molecule has 1 aromatic heterocycles. The number of carbonyl (C=O) groups is 2. The van der Waals surface area contributed by atoms with Crippen molar-refractivity contribution in [2.45, 2.75) is 23.6 Å². The fourth-order valence-electron chi connectivity index (χ4n) is 4.43. The Hall–Kier alpha value is -4.25. The minimum Gasteiger partial charge on any atom is -0.318 e. The van der Waals surface area contributed by atoms with Crippen molar-refractivity contribution in [3.8, 4) is 5.69 Å². The van der Waals surface area contributed by atoms with Crippen molar-refractivity contribution in [2.75, 3.05) is 4.90 Å². The molecule has 0 aliphatic carbocycles. The van der Waals surface area contributed by atoms with Crippen LogP contribution in [-0.4, -0.2) is 26.4 Å². The van der Waals surface area contributed by atoms with Crippen molar-refractivity contribution in [1.82, 2.24) is 9.88 Å². The second kappa shape index (κ2) is 11.1. The molecule has 40 heavy (non-hydrogen) atoms. The van der Waals surface area contributed by atoms with Gasteiger partial charge in [0.25, 0.3) is 17.5 Å². The number of nitro groups is 1. The molecule has 1 aliphatic heterocycles. The lowest BCUT2D eigenvalue weighted by Gasteiger charge is -2.29. The molecule has 200 valence electrons. The molecule has 5 rings (SSSR count). The van der Waals surface area contributed by atoms with E-state index in [2.05, 4.69) is 5.32 Å². The SMILES string of the molecule is Cc1cc(/C=C2\C(=O)NC(=S)N(c3ccccc3Cl)C2=O)c(C)n1-c1ccc(Sc2ccc([N+](=O)[O-])cc2)cc1. The van der Waals surface area contributed by atoms with Crippen molar-refractivity contribution < 1.29 is 14.5 Å². The van der Waals surface area contributed by atoms with Gasteiger partial charge < -0.3 is 4.57 Å². The lowest BCUT2D eigenvalue weighted by atomic mass is 10.1. The Morgan fingerprint density at radius 1 is 0.975 bits per heavy atom. The lowest BCUT2D eigenvalue weighted by molar-refractivity contribution is -0.384. The molecule has 0 unspecified atom stereocenters. The predicted octanol–water partition coefficient (Wildman–Crippen LogP) is 6.64. The highest BCUT2D eigenvalue weighted by Gasteiger charge is 2.35. The van der Waals surface area contributed by atoms with Crippen LogP contribution < -0.4 is 10.2 Å². The van der Waals surface area contributed by atoms with E-state index in [0.717, 1.165) is 26.9 Å². The highest BCUT2D eigenvalue weighted by molar-refractivity contribution is 7.99. The van der Waals surface area contributed by atoms with Crippen LogP contribution in [-0.2, 0) is 9.59 Å². The standard InChI is InChI=1S/C29H21ClN4O4S2/c1-17-15-19(16-24-27(35)31-29(39)33(28(24)36)26-6-4-3-5-25(26)30)18(2)32(17)20-7-11-22(12-8-20)40-23-13-9-21(10-14-23)34(37)38/h3-16H,1-2H3,(H,31,35,39)/b24-16+. The van der Waals surface area contributed by atoms with E-state index in [1.165, 1.54) is 28.8 Å². The zero-order valence-corrected chi connectivity index (χ0v) is 23.6. The van der Waals surface area contributed by atoms with E-state index in [1.54, 1.807) is 42.5 Å². The van der Waals surface area contributed by atoms with Gasteiger partial charge in [-0.05, 0) is 92.3 Å². The van der Waals surface area contributed by atoms with E-state index < -0.39 is 16.7 Å². The number of non-ortho nitro benzene ring substituents is 1. The summed E-state index contributed by atoms with van der Waals surface area (Å²) >= 11 is 13.1. The van der Waals surface area contributed by atoms with Gasteiger partial charge in [-0.25, -0.2) is 0 Å². The molecule has 0 saturated carbocycles. The predicted molar refractivity (Wildman–Crippen MR) is 160 cm³/mol. The third-order valence-corrected chi connectivity index (χ3v) is 7.96. The summed E-state index contributed by atoms with van der Waals surface area (Å²) in [7, 11) is 0. The van der Waals surface area contributed by atoms with Crippen LogP contribution in [0.15, 0.2) is 94.2 Å². The summed E-state index contributed by atoms with van der Waals surface area (Å²) in [5, 5.41) is 13.8. The van der Waals surface area contributed by atoms with Crippen LogP contribution in [0.3, 0.4) is 0 Å². The van der Waals surface area contributed by atoms with Crippen molar-refractivity contribution >= 4 is 70.0 Å². The van der Waals surface area contributed by atoms with E-state index in [1.807, 2.05) is 48.7 Å². The summed E-state index contributed by atoms with van der Waals surface area (Å²) in [6.45, 7) is 3.86. The fourth-order valence-corrected chi connectivity index (χ4v) is 5.74. The first-order valence-electron chi connectivity index (χ1n) is 12.0. The summed E-state index contributed by atoms with van der Waals surface area (Å²) in [5.74, 6) is -1.13. The first-order valence-corrected chi connectivity index (χ1v) is 13.6. The van der Waals surface area contributed by atoms with Gasteiger partial charge in [-0.15, -0.1) is 0 Å². The molecule has 3 aromatic carbocycles. The molecule has 1 fully saturated rings. The van der Waals surface area contributed by atoms with Gasteiger partial charge in [0.2, 0.25) is 0 Å². The summed E-state index contributed by atoms with van der Waals surface area (Å²) in [6, 6.07) is 23.0. The summed E-state index contributed by atoms with van der Waals surface area (Å²) in [5.41, 5.74) is 3.78. The van der Waals surface area contributed by atoms with Crippen LogP contribution in [0.1, 0.15) is 17.0 Å². The third-order valence-electron chi connectivity index (χ3n) is 6.34. The van der Waals surface area contributed by atoms with E-state index >= 15 is 0 Å². The van der Waals surface area contributed by atoms with Crippen LogP contribution in [0.5, 0.6) is 0 Å². The van der Waals surface area contributed by atoms with E-state index in [-0.39, 0.29) is 16.4 Å². The number of aromatic nitrogens is 1. The van der Waals surface area contributed by atoms with E-state index in [4.69, 9.17) is 23.8 Å². The van der Waals surface area contributed by atoms with Crippen LogP contribution in [0.4, 0.5) is 11.4 Å². The largest absolute Gasteiger partial charge is 0.318 e. The molecule has 2 heterocycles. The number of amides is 2. The van der Waals surface area contributed by atoms with E-state index in [0.29, 0.717) is 16.3 Å². The molecule has 4 aromatic rings. The van der Waals surface area contributed by atoms with Gasteiger partial charge in [0, 0.05) is 39.0 Å². The van der Waals surface area contributed by atoms with Gasteiger partial charge in [-0.1, -0.05) is 35.5 Å². The number of hydrogen-bond acceptors (Lipinski definition) is 6. The number of anilines is 1. The second-order valence-corrected chi connectivity index (χ2v) is 10.9. The van der Waals surface area contributed by atoms with Crippen molar-refractivity contribution in [3.05, 3.63) is 117 Å². The average Bonchev–Trinajstić information content (AvgIpc) is 3.20. The molecule has 1 N–H and O–H groups in total. The Morgan fingerprint density at radius 3 is 2.23 bits per heavy atom. The number of nitrogens with one attached hydrogen (secondary N) is 1. The number of hydrogen-bond donors (Lipinski definition) is 1. The first kappa shape index (κ1) is 27.3. The number of carbonyl (C=O) groups excluding carboxylic acids is 2. The highest BCUT2D eigenvalue weighted by Crippen LogP contribution is 2.32. The summed E-state index contributed by atoms with van der Waals surface area (Å²) in [4.78, 5) is 39.8. The number of aryl methyl sites for hydroxylation is 1. The number of rotatable bonds is 6. The monoisotopic (exact) mass is 588 g/mol. The van der Waals surface area contributed by atoms with Gasteiger partial charge in [0.1, 0.15) is 5.57 Å². The number of nitro benzene ring substituents is 1. The topological polar surface area (TPSA) is 97.5 Å². The van der Waals surface area contributed by atoms with Crippen molar-refractivity contribution in [3.63, 3.8) is 0 Å². The van der Waals surface area contributed by atoms with Gasteiger partial charge >= 0.3 is 0 Å². The number of para-hydroxylation sites is 1. The molecule has 0 radical (unpaired) electrons. The molecular weight excluding hydrogens is 568 g/mol. The van der Waals surface area contributed by atoms with Gasteiger partial charge in [-0.2, -0.15) is 0 Å². The Balaban J connectivity index is 1.42. The maximum atomic E-state index is 13.4. The lowest BCUT2D eigenvalue weighted by Crippen LogP contribution is -2.54. The quantitative estimate of drug-likeness (QED) is 0.0891. The smallest absolute Gasteiger partial charge is 0.270 e. The van der Waals surface area contributed by atoms with Crippen LogP contribution in [0.2, 0.25) is 5.02 Å². The number of nitrogens with zero attached hydrogens (tertiary/aromatic N) is 3. The number of thiocarbonyl (C=S) groups is 1. The van der Waals surface area contributed by atoms with Crippen molar-refractivity contribution in [1.29, 1.82) is 0 Å². The molecular formula is C29H21ClN4O4S2. The molecule has 1 aliphatic rings. The van der Waals surface area contributed by atoms with Gasteiger partial charge in [-0.3, -0.25) is 29.9 Å². The average molecular weight is 589 g/mol. The number of benzene rings is 3. The highest BCUT2D eigenvalue weighted by atomic mass is 35.5. The summed E-state index contributed by atoms with van der Waals surface area (Å²) < 4.78 is 2.04. The first-order chi connectivity index (χ1) is 19.1. The molecule has 0 bridgehead atoms. The minimum absolute atomic E-state index is 0.0302. The van der Waals surface area contributed by atoms with Crippen LogP contribution >= 0.6 is 35.6 Å². The third kappa shape index (κ3) is 5.29. The zero-order chi connectivity index (χ0) is 28.6. The summed E-state index contributed by atoms with van der Waals surface area (Å²) in [6.07, 6.45) is 1.57. The maximum absolute atomic E-state index is 13.4. The Morgan fingerprint density at radius 2 is 1.60 bits per heavy atom. The van der Waals surface area contributed by atoms with Crippen molar-refractivity contribution in [2.24, 2.45) is 0 Å². The normalized spacial score (nSPS) is 14.5. The number of halogens is 1. The van der Waals surface area contributed by atoms with Crippen LogP contribution in [0, 0.1) is 24.0 Å². The molecule has 0 atom stereocenters. The van der Waals surface area contributed by atoms with Gasteiger partial charge in [0.05, 0.1) is 15.6 Å². The Bertz CT molecular complexity index is 1710. The fraction of sp³-hybridized carbons (Fsp3) is 0.0690. The molecule has 11 heteroatoms. The molecule has 1 saturated heterocycles.